The highest BCUT2D eigenvalue weighted by Gasteiger charge is 2.35. The van der Waals surface area contributed by atoms with Crippen LogP contribution in [0.1, 0.15) is 22.4 Å². The standard InChI is InChI=1S/C23H17N3O2S/c1-16-8-10-19(11-9-16)25-12-4-7-20(25)13-21-22(27)26(23(28)29-21)15-18-6-3-2-5-17(18)14-24/h2-13H,15H2,1H3/b21-13+. The summed E-state index contributed by atoms with van der Waals surface area (Å²) >= 11 is 0.921. The van der Waals surface area contributed by atoms with Gasteiger partial charge in [-0.3, -0.25) is 14.5 Å². The van der Waals surface area contributed by atoms with Crippen LogP contribution in [0.15, 0.2) is 71.8 Å². The van der Waals surface area contributed by atoms with Crippen LogP contribution in [-0.2, 0) is 11.3 Å². The van der Waals surface area contributed by atoms with Gasteiger partial charge in [-0.25, -0.2) is 0 Å². The maximum absolute atomic E-state index is 12.9. The molecule has 0 radical (unpaired) electrons. The van der Waals surface area contributed by atoms with E-state index in [2.05, 4.69) is 6.07 Å². The number of rotatable bonds is 4. The number of carbonyl (C=O) groups excluding carboxylic acids is 2. The summed E-state index contributed by atoms with van der Waals surface area (Å²) in [6, 6.07) is 21.0. The first kappa shape index (κ1) is 18.8. The van der Waals surface area contributed by atoms with Crippen LogP contribution in [0.5, 0.6) is 0 Å². The molecular formula is C23H17N3O2S. The van der Waals surface area contributed by atoms with Crippen molar-refractivity contribution < 1.29 is 9.59 Å². The van der Waals surface area contributed by atoms with Gasteiger partial charge in [-0.1, -0.05) is 35.9 Å². The predicted octanol–water partition coefficient (Wildman–Crippen LogP) is 4.89. The molecule has 0 bridgehead atoms. The van der Waals surface area contributed by atoms with E-state index >= 15 is 0 Å². The number of imide groups is 1. The fourth-order valence-electron chi connectivity index (χ4n) is 3.16. The molecule has 3 aromatic rings. The quantitative estimate of drug-likeness (QED) is 0.586. The van der Waals surface area contributed by atoms with Crippen LogP contribution in [0.3, 0.4) is 0 Å². The monoisotopic (exact) mass is 399 g/mol. The number of benzene rings is 2. The Morgan fingerprint density at radius 3 is 2.55 bits per heavy atom. The lowest BCUT2D eigenvalue weighted by Gasteiger charge is -2.13. The summed E-state index contributed by atoms with van der Waals surface area (Å²) in [5, 5.41) is 8.91. The number of aromatic nitrogens is 1. The molecule has 0 aliphatic carbocycles. The molecule has 0 N–H and O–H groups in total. The molecule has 1 aliphatic heterocycles. The van der Waals surface area contributed by atoms with Crippen molar-refractivity contribution in [2.45, 2.75) is 13.5 Å². The van der Waals surface area contributed by atoms with Crippen LogP contribution in [0.4, 0.5) is 4.79 Å². The van der Waals surface area contributed by atoms with Gasteiger partial charge >= 0.3 is 0 Å². The maximum Gasteiger partial charge on any atom is 0.293 e. The molecule has 1 fully saturated rings. The third-order valence-electron chi connectivity index (χ3n) is 4.71. The van der Waals surface area contributed by atoms with E-state index < -0.39 is 0 Å². The average Bonchev–Trinajstić information content (AvgIpc) is 3.29. The van der Waals surface area contributed by atoms with Crippen molar-refractivity contribution in [3.05, 3.63) is 94.1 Å². The van der Waals surface area contributed by atoms with Crippen molar-refractivity contribution in [2.24, 2.45) is 0 Å². The summed E-state index contributed by atoms with van der Waals surface area (Å²) in [6.45, 7) is 2.12. The number of nitrogens with zero attached hydrogens (tertiary/aromatic N) is 3. The van der Waals surface area contributed by atoms with Crippen molar-refractivity contribution in [2.75, 3.05) is 0 Å². The van der Waals surface area contributed by atoms with Gasteiger partial charge in [0.2, 0.25) is 0 Å². The zero-order chi connectivity index (χ0) is 20.4. The molecule has 29 heavy (non-hydrogen) atoms. The minimum absolute atomic E-state index is 0.0880. The van der Waals surface area contributed by atoms with Crippen molar-refractivity contribution >= 4 is 29.0 Å². The van der Waals surface area contributed by atoms with E-state index in [1.54, 1.807) is 30.3 Å². The molecule has 2 heterocycles. The highest BCUT2D eigenvalue weighted by Crippen LogP contribution is 2.34. The highest BCUT2D eigenvalue weighted by atomic mass is 32.2. The second-order valence-electron chi connectivity index (χ2n) is 6.68. The zero-order valence-electron chi connectivity index (χ0n) is 15.7. The molecule has 0 unspecified atom stereocenters. The lowest BCUT2D eigenvalue weighted by Crippen LogP contribution is -2.27. The number of aryl methyl sites for hydroxylation is 1. The van der Waals surface area contributed by atoms with E-state index in [0.717, 1.165) is 23.1 Å². The fraction of sp³-hybridized carbons (Fsp3) is 0.0870. The smallest absolute Gasteiger partial charge is 0.293 e. The van der Waals surface area contributed by atoms with Gasteiger partial charge < -0.3 is 4.57 Å². The summed E-state index contributed by atoms with van der Waals surface area (Å²) < 4.78 is 1.97. The Kier molecular flexibility index (Phi) is 5.07. The Balaban J connectivity index is 1.61. The van der Waals surface area contributed by atoms with E-state index in [0.29, 0.717) is 16.0 Å². The van der Waals surface area contributed by atoms with Crippen LogP contribution in [0, 0.1) is 18.3 Å². The van der Waals surface area contributed by atoms with E-state index in [4.69, 9.17) is 0 Å². The lowest BCUT2D eigenvalue weighted by molar-refractivity contribution is -0.123. The van der Waals surface area contributed by atoms with E-state index in [1.165, 1.54) is 10.5 Å². The molecule has 0 spiro atoms. The minimum Gasteiger partial charge on any atom is -0.317 e. The number of thioether (sulfide) groups is 1. The van der Waals surface area contributed by atoms with E-state index in [-0.39, 0.29) is 17.7 Å². The van der Waals surface area contributed by atoms with Crippen LogP contribution >= 0.6 is 11.8 Å². The highest BCUT2D eigenvalue weighted by molar-refractivity contribution is 8.18. The summed E-state index contributed by atoms with van der Waals surface area (Å²) in [7, 11) is 0. The van der Waals surface area contributed by atoms with Gasteiger partial charge in [0.15, 0.2) is 0 Å². The number of carbonyl (C=O) groups is 2. The van der Waals surface area contributed by atoms with E-state index in [9.17, 15) is 14.9 Å². The van der Waals surface area contributed by atoms with Gasteiger partial charge in [-0.15, -0.1) is 0 Å². The second kappa shape index (κ2) is 7.82. The number of hydrogen-bond donors (Lipinski definition) is 0. The Labute approximate surface area is 172 Å². The fourth-order valence-corrected chi connectivity index (χ4v) is 3.98. The number of nitriles is 1. The summed E-state index contributed by atoms with van der Waals surface area (Å²) in [5.41, 5.74) is 4.08. The Morgan fingerprint density at radius 1 is 1.03 bits per heavy atom. The van der Waals surface area contributed by atoms with Crippen LogP contribution in [0.25, 0.3) is 11.8 Å². The first-order chi connectivity index (χ1) is 14.1. The van der Waals surface area contributed by atoms with Crippen molar-refractivity contribution in [3.63, 3.8) is 0 Å². The van der Waals surface area contributed by atoms with Crippen molar-refractivity contribution in [3.8, 4) is 11.8 Å². The molecule has 2 amide bonds. The average molecular weight is 399 g/mol. The van der Waals surface area contributed by atoms with Crippen molar-refractivity contribution in [1.82, 2.24) is 9.47 Å². The molecule has 4 rings (SSSR count). The predicted molar refractivity (Wildman–Crippen MR) is 113 cm³/mol. The van der Waals surface area contributed by atoms with E-state index in [1.807, 2.05) is 54.1 Å². The third-order valence-corrected chi connectivity index (χ3v) is 5.62. The summed E-state index contributed by atoms with van der Waals surface area (Å²) in [5.74, 6) is -0.343. The first-order valence-corrected chi connectivity index (χ1v) is 9.86. The number of hydrogen-bond acceptors (Lipinski definition) is 4. The largest absolute Gasteiger partial charge is 0.317 e. The Hall–Kier alpha value is -3.56. The summed E-state index contributed by atoms with van der Waals surface area (Å²) in [4.78, 5) is 26.9. The molecule has 5 nitrogen and oxygen atoms in total. The molecule has 2 aromatic carbocycles. The van der Waals surface area contributed by atoms with Crippen LogP contribution < -0.4 is 0 Å². The molecule has 1 saturated heterocycles. The Bertz CT molecular complexity index is 1170. The topological polar surface area (TPSA) is 66.1 Å². The van der Waals surface area contributed by atoms with Gasteiger partial charge in [-0.05, 0) is 60.7 Å². The van der Waals surface area contributed by atoms with Gasteiger partial charge in [0.1, 0.15) is 0 Å². The summed E-state index contributed by atoms with van der Waals surface area (Å²) in [6.07, 6.45) is 3.66. The Morgan fingerprint density at radius 2 is 1.79 bits per heavy atom. The zero-order valence-corrected chi connectivity index (χ0v) is 16.5. The molecule has 0 atom stereocenters. The second-order valence-corrected chi connectivity index (χ2v) is 7.67. The normalized spacial score (nSPS) is 15.2. The molecule has 142 valence electrons. The molecule has 1 aromatic heterocycles. The van der Waals surface area contributed by atoms with Crippen LogP contribution in [-0.4, -0.2) is 20.6 Å². The first-order valence-electron chi connectivity index (χ1n) is 9.04. The maximum atomic E-state index is 12.9. The molecule has 1 aliphatic rings. The molecule has 6 heteroatoms. The van der Waals surface area contributed by atoms with Crippen molar-refractivity contribution in [1.29, 1.82) is 5.26 Å². The van der Waals surface area contributed by atoms with Gasteiger partial charge in [0.25, 0.3) is 11.1 Å². The lowest BCUT2D eigenvalue weighted by atomic mass is 10.1. The third kappa shape index (κ3) is 3.73. The van der Waals surface area contributed by atoms with Crippen LogP contribution in [0.2, 0.25) is 0 Å². The van der Waals surface area contributed by atoms with Gasteiger partial charge in [0, 0.05) is 17.6 Å². The molecule has 0 saturated carbocycles. The number of amides is 2. The molecular weight excluding hydrogens is 382 g/mol. The van der Waals surface area contributed by atoms with Gasteiger partial charge in [-0.2, -0.15) is 5.26 Å². The minimum atomic E-state index is -0.343. The van der Waals surface area contributed by atoms with Gasteiger partial charge in [0.05, 0.1) is 23.1 Å². The SMILES string of the molecule is Cc1ccc(-n2cccc2/C=C2/SC(=O)N(Cc3ccccc3C#N)C2=O)cc1.